The fraction of sp³-hybridized carbons (Fsp3) is 0.143. The SMILES string of the molecule is NNC(Cc1ccc(F)c(F)c1)c1cc(Br)ccc1F. The van der Waals surface area contributed by atoms with Gasteiger partial charge in [-0.25, -0.2) is 13.2 Å². The van der Waals surface area contributed by atoms with Gasteiger partial charge in [-0.3, -0.25) is 11.3 Å². The van der Waals surface area contributed by atoms with Crippen LogP contribution in [0.25, 0.3) is 0 Å². The fourth-order valence-electron chi connectivity index (χ4n) is 1.94. The molecule has 0 heterocycles. The van der Waals surface area contributed by atoms with Gasteiger partial charge in [0.2, 0.25) is 0 Å². The van der Waals surface area contributed by atoms with Crippen LogP contribution in [0.15, 0.2) is 40.9 Å². The maximum atomic E-state index is 13.8. The standard InChI is InChI=1S/C14H12BrF3N2/c15-9-2-4-11(16)10(7-9)14(20-19)6-8-1-3-12(17)13(18)5-8/h1-5,7,14,20H,6,19H2. The van der Waals surface area contributed by atoms with Crippen molar-refractivity contribution in [3.63, 3.8) is 0 Å². The molecule has 0 radical (unpaired) electrons. The molecule has 0 saturated heterocycles. The van der Waals surface area contributed by atoms with Gasteiger partial charge in [0, 0.05) is 10.0 Å². The van der Waals surface area contributed by atoms with Gasteiger partial charge in [-0.05, 0) is 42.3 Å². The molecule has 0 aromatic heterocycles. The molecule has 0 amide bonds. The highest BCUT2D eigenvalue weighted by molar-refractivity contribution is 9.10. The van der Waals surface area contributed by atoms with E-state index < -0.39 is 23.5 Å². The van der Waals surface area contributed by atoms with Crippen LogP contribution in [0.1, 0.15) is 17.2 Å². The highest BCUT2D eigenvalue weighted by atomic mass is 79.9. The molecule has 6 heteroatoms. The summed E-state index contributed by atoms with van der Waals surface area (Å²) in [5.74, 6) is 3.17. The van der Waals surface area contributed by atoms with Crippen LogP contribution < -0.4 is 11.3 Å². The summed E-state index contributed by atoms with van der Waals surface area (Å²) in [6.45, 7) is 0. The van der Waals surface area contributed by atoms with Crippen LogP contribution >= 0.6 is 15.9 Å². The number of hydrazine groups is 1. The molecule has 3 N–H and O–H groups in total. The molecule has 0 aliphatic rings. The van der Waals surface area contributed by atoms with Crippen LogP contribution in [0, 0.1) is 17.5 Å². The second kappa shape index (κ2) is 6.39. The summed E-state index contributed by atoms with van der Waals surface area (Å²) in [7, 11) is 0. The lowest BCUT2D eigenvalue weighted by Gasteiger charge is -2.17. The number of nitrogens with one attached hydrogen (secondary N) is 1. The molecule has 20 heavy (non-hydrogen) atoms. The van der Waals surface area contributed by atoms with Crippen molar-refractivity contribution >= 4 is 15.9 Å². The van der Waals surface area contributed by atoms with E-state index >= 15 is 0 Å². The Morgan fingerprint density at radius 1 is 1.00 bits per heavy atom. The van der Waals surface area contributed by atoms with Gasteiger partial charge in [-0.1, -0.05) is 22.0 Å². The lowest BCUT2D eigenvalue weighted by atomic mass is 9.99. The van der Waals surface area contributed by atoms with Crippen molar-refractivity contribution in [1.82, 2.24) is 5.43 Å². The minimum Gasteiger partial charge on any atom is -0.271 e. The molecule has 2 rings (SSSR count). The van der Waals surface area contributed by atoms with Crippen molar-refractivity contribution in [2.45, 2.75) is 12.5 Å². The molecule has 1 atom stereocenters. The van der Waals surface area contributed by atoms with Gasteiger partial charge in [0.1, 0.15) is 5.82 Å². The van der Waals surface area contributed by atoms with Gasteiger partial charge in [-0.2, -0.15) is 0 Å². The zero-order valence-corrected chi connectivity index (χ0v) is 11.9. The molecule has 0 spiro atoms. The van der Waals surface area contributed by atoms with Crippen molar-refractivity contribution in [3.05, 3.63) is 69.4 Å². The Morgan fingerprint density at radius 2 is 1.70 bits per heavy atom. The van der Waals surface area contributed by atoms with Crippen LogP contribution in [0.2, 0.25) is 0 Å². The normalized spacial score (nSPS) is 12.4. The molecule has 2 aromatic rings. The number of hydrogen-bond donors (Lipinski definition) is 2. The average Bonchev–Trinajstić information content (AvgIpc) is 2.43. The van der Waals surface area contributed by atoms with E-state index in [4.69, 9.17) is 5.84 Å². The highest BCUT2D eigenvalue weighted by Gasteiger charge is 2.16. The minimum absolute atomic E-state index is 0.237. The van der Waals surface area contributed by atoms with E-state index in [2.05, 4.69) is 21.4 Å². The second-order valence-electron chi connectivity index (χ2n) is 4.34. The van der Waals surface area contributed by atoms with E-state index in [0.29, 0.717) is 15.6 Å². The van der Waals surface area contributed by atoms with E-state index in [1.54, 1.807) is 12.1 Å². The van der Waals surface area contributed by atoms with Crippen molar-refractivity contribution in [2.24, 2.45) is 5.84 Å². The summed E-state index contributed by atoms with van der Waals surface area (Å²) in [5, 5.41) is 0. The Kier molecular flexibility index (Phi) is 4.80. The first kappa shape index (κ1) is 15.0. The van der Waals surface area contributed by atoms with E-state index in [1.807, 2.05) is 0 Å². The predicted molar refractivity (Wildman–Crippen MR) is 74.2 cm³/mol. The van der Waals surface area contributed by atoms with E-state index in [1.165, 1.54) is 12.1 Å². The monoisotopic (exact) mass is 344 g/mol. The number of halogens is 4. The smallest absolute Gasteiger partial charge is 0.159 e. The third kappa shape index (κ3) is 3.39. The van der Waals surface area contributed by atoms with E-state index in [9.17, 15) is 13.2 Å². The highest BCUT2D eigenvalue weighted by Crippen LogP contribution is 2.24. The first-order chi connectivity index (χ1) is 9.51. The zero-order chi connectivity index (χ0) is 14.7. The van der Waals surface area contributed by atoms with Gasteiger partial charge in [-0.15, -0.1) is 0 Å². The Balaban J connectivity index is 2.28. The van der Waals surface area contributed by atoms with E-state index in [-0.39, 0.29) is 6.42 Å². The fourth-order valence-corrected chi connectivity index (χ4v) is 2.32. The molecule has 2 nitrogen and oxygen atoms in total. The van der Waals surface area contributed by atoms with E-state index in [0.717, 1.165) is 12.1 Å². The Labute approximate surface area is 122 Å². The first-order valence-corrected chi connectivity index (χ1v) is 6.65. The Morgan fingerprint density at radius 3 is 2.35 bits per heavy atom. The van der Waals surface area contributed by atoms with Gasteiger partial charge >= 0.3 is 0 Å². The number of nitrogens with two attached hydrogens (primary N) is 1. The quantitative estimate of drug-likeness (QED) is 0.656. The molecule has 106 valence electrons. The number of hydrogen-bond acceptors (Lipinski definition) is 2. The van der Waals surface area contributed by atoms with Crippen molar-refractivity contribution in [2.75, 3.05) is 0 Å². The van der Waals surface area contributed by atoms with Gasteiger partial charge in [0.05, 0.1) is 6.04 Å². The third-order valence-corrected chi connectivity index (χ3v) is 3.45. The molecular formula is C14H12BrF3N2. The summed E-state index contributed by atoms with van der Waals surface area (Å²) in [6.07, 6.45) is 0.237. The van der Waals surface area contributed by atoms with Crippen LogP contribution in [0.4, 0.5) is 13.2 Å². The van der Waals surface area contributed by atoms with Crippen molar-refractivity contribution < 1.29 is 13.2 Å². The molecule has 2 aromatic carbocycles. The Hall–Kier alpha value is -1.37. The molecule has 0 saturated carbocycles. The molecule has 0 aliphatic heterocycles. The maximum absolute atomic E-state index is 13.8. The summed E-state index contributed by atoms with van der Waals surface area (Å²) < 4.78 is 40.6. The van der Waals surface area contributed by atoms with Crippen molar-refractivity contribution in [3.8, 4) is 0 Å². The minimum atomic E-state index is -0.937. The summed E-state index contributed by atoms with van der Waals surface area (Å²) in [4.78, 5) is 0. The third-order valence-electron chi connectivity index (χ3n) is 2.96. The molecule has 1 unspecified atom stereocenters. The van der Waals surface area contributed by atoms with Crippen LogP contribution in [-0.2, 0) is 6.42 Å². The number of rotatable bonds is 4. The molecule has 0 bridgehead atoms. The van der Waals surface area contributed by atoms with Crippen LogP contribution in [-0.4, -0.2) is 0 Å². The lowest BCUT2D eigenvalue weighted by Crippen LogP contribution is -2.30. The number of benzene rings is 2. The van der Waals surface area contributed by atoms with Crippen LogP contribution in [0.5, 0.6) is 0 Å². The lowest BCUT2D eigenvalue weighted by molar-refractivity contribution is 0.495. The maximum Gasteiger partial charge on any atom is 0.159 e. The summed E-state index contributed by atoms with van der Waals surface area (Å²) in [6, 6.07) is 7.50. The molecule has 0 aliphatic carbocycles. The van der Waals surface area contributed by atoms with Gasteiger partial charge in [0.25, 0.3) is 0 Å². The average molecular weight is 345 g/mol. The largest absolute Gasteiger partial charge is 0.271 e. The van der Waals surface area contributed by atoms with Gasteiger partial charge in [0.15, 0.2) is 11.6 Å². The predicted octanol–water partition coefficient (Wildman–Crippen LogP) is 3.61. The van der Waals surface area contributed by atoms with Gasteiger partial charge < -0.3 is 0 Å². The van der Waals surface area contributed by atoms with Crippen molar-refractivity contribution in [1.29, 1.82) is 0 Å². The molecule has 0 fully saturated rings. The Bertz CT molecular complexity index is 619. The topological polar surface area (TPSA) is 38.0 Å². The summed E-state index contributed by atoms with van der Waals surface area (Å²) in [5.41, 5.74) is 3.36. The molecular weight excluding hydrogens is 333 g/mol. The first-order valence-electron chi connectivity index (χ1n) is 5.86. The van der Waals surface area contributed by atoms with Crippen LogP contribution in [0.3, 0.4) is 0 Å². The zero-order valence-electron chi connectivity index (χ0n) is 10.3. The second-order valence-corrected chi connectivity index (χ2v) is 5.25. The summed E-state index contributed by atoms with van der Waals surface area (Å²) >= 11 is 3.26.